The number of carbonyl (C=O) groups is 5. The number of carbonyl (C=O) groups excluding carboxylic acids is 5. The number of alkyl halides is 5. The summed E-state index contributed by atoms with van der Waals surface area (Å²) in [7, 11) is 0. The fourth-order valence-corrected chi connectivity index (χ4v) is 6.53. The van der Waals surface area contributed by atoms with E-state index in [2.05, 4.69) is 21.0 Å². The summed E-state index contributed by atoms with van der Waals surface area (Å²) in [5, 5.41) is 7.48. The Hall–Kier alpha value is -3.59. The molecule has 4 atom stereocenters. The average Bonchev–Trinajstić information content (AvgIpc) is 3.11. The van der Waals surface area contributed by atoms with Crippen molar-refractivity contribution < 1.29 is 42.2 Å². The number of hydrogen-bond donors (Lipinski definition) is 3. The molecule has 296 valence electrons. The average molecular weight is 817 g/mol. The van der Waals surface area contributed by atoms with Gasteiger partial charge in [0.05, 0.1) is 16.6 Å². The van der Waals surface area contributed by atoms with E-state index in [1.807, 2.05) is 18.2 Å². The lowest BCUT2D eigenvalue weighted by molar-refractivity contribution is -0.153. The largest absolute Gasteiger partial charge is 0.460 e. The van der Waals surface area contributed by atoms with Crippen molar-refractivity contribution in [3.8, 4) is 0 Å². The van der Waals surface area contributed by atoms with Crippen LogP contribution < -0.4 is 16.1 Å². The van der Waals surface area contributed by atoms with Crippen LogP contribution in [0.2, 0.25) is 0 Å². The number of ether oxygens (including phenoxy) is 2. The molecule has 0 spiro atoms. The van der Waals surface area contributed by atoms with Gasteiger partial charge in [-0.15, -0.1) is 0 Å². The Bertz CT molecular complexity index is 1750. The van der Waals surface area contributed by atoms with Crippen LogP contribution in [0, 0.1) is 11.3 Å². The van der Waals surface area contributed by atoms with Crippen molar-refractivity contribution in [2.45, 2.75) is 107 Å². The summed E-state index contributed by atoms with van der Waals surface area (Å²) in [6.45, 7) is 7.70. The van der Waals surface area contributed by atoms with E-state index in [9.17, 15) is 32.8 Å². The first-order valence-electron chi connectivity index (χ1n) is 17.8. The summed E-state index contributed by atoms with van der Waals surface area (Å²) >= 11 is 17.0. The number of halogens is 5. The second-order valence-electron chi connectivity index (χ2n) is 14.2. The van der Waals surface area contributed by atoms with Gasteiger partial charge in [-0.1, -0.05) is 79.0 Å². The molecule has 1 saturated carbocycles. The van der Waals surface area contributed by atoms with Crippen molar-refractivity contribution in [1.29, 1.82) is 0 Å². The number of fused-ring (bicyclic) bond motifs is 1. The van der Waals surface area contributed by atoms with Crippen molar-refractivity contribution >= 4 is 81.4 Å². The molecule has 12 nitrogen and oxygen atoms in total. The van der Waals surface area contributed by atoms with Gasteiger partial charge in [-0.25, -0.2) is 19.2 Å². The van der Waals surface area contributed by atoms with Crippen LogP contribution in [-0.2, 0) is 33.4 Å². The number of pyridine rings is 1. The van der Waals surface area contributed by atoms with Gasteiger partial charge in [-0.05, 0) is 63.1 Å². The first-order chi connectivity index (χ1) is 25.2. The van der Waals surface area contributed by atoms with E-state index in [1.54, 1.807) is 45.1 Å². The summed E-state index contributed by atoms with van der Waals surface area (Å²) in [6.07, 6.45) is 2.19. The van der Waals surface area contributed by atoms with Crippen LogP contribution in [0.3, 0.4) is 0 Å². The molecule has 1 aliphatic carbocycles. The summed E-state index contributed by atoms with van der Waals surface area (Å²) in [6, 6.07) is 5.99. The molecule has 2 aromatic rings. The summed E-state index contributed by atoms with van der Waals surface area (Å²) < 4.78 is 37.4. The number of amides is 3. The SMILES string of the molecule is CC(=O)O[C@H](C)c1ccc2ccc(C=CC3(C(=O)N[C@H](C(=O)N[C@@H](C)C(=O)N4CCC[C@@H](C(=O)OCC(Cl)(Cl)Cl)N4)C(C)C)CCC(F)(F)CC3)cc2n1. The number of aromatic nitrogens is 1. The highest BCUT2D eigenvalue weighted by Gasteiger charge is 2.47. The van der Waals surface area contributed by atoms with E-state index >= 15 is 0 Å². The highest BCUT2D eigenvalue weighted by atomic mass is 35.6. The molecule has 3 amide bonds. The van der Waals surface area contributed by atoms with Crippen molar-refractivity contribution in [3.63, 3.8) is 0 Å². The molecule has 1 aromatic heterocycles. The summed E-state index contributed by atoms with van der Waals surface area (Å²) in [5.74, 6) is -6.30. The maximum Gasteiger partial charge on any atom is 0.325 e. The lowest BCUT2D eigenvalue weighted by atomic mass is 9.71. The minimum absolute atomic E-state index is 0.161. The number of hydrogen-bond acceptors (Lipinski definition) is 9. The minimum Gasteiger partial charge on any atom is -0.460 e. The minimum atomic E-state index is -2.94. The van der Waals surface area contributed by atoms with Crippen LogP contribution in [0.1, 0.15) is 90.5 Å². The van der Waals surface area contributed by atoms with E-state index in [4.69, 9.17) is 44.3 Å². The number of rotatable bonds is 12. The first-order valence-corrected chi connectivity index (χ1v) is 18.9. The Labute approximate surface area is 328 Å². The normalized spacial score (nSPS) is 20.2. The van der Waals surface area contributed by atoms with Gasteiger partial charge in [0.1, 0.15) is 30.8 Å². The van der Waals surface area contributed by atoms with Crippen LogP contribution in [-0.4, -0.2) is 80.6 Å². The Morgan fingerprint density at radius 1 is 1.04 bits per heavy atom. The summed E-state index contributed by atoms with van der Waals surface area (Å²) in [5.41, 5.74) is 3.26. The molecule has 0 bridgehead atoms. The van der Waals surface area contributed by atoms with Crippen molar-refractivity contribution in [2.75, 3.05) is 13.2 Å². The van der Waals surface area contributed by atoms with Crippen LogP contribution in [0.4, 0.5) is 8.78 Å². The van der Waals surface area contributed by atoms with Crippen molar-refractivity contribution in [1.82, 2.24) is 26.1 Å². The third-order valence-corrected chi connectivity index (χ3v) is 9.82. The number of hydrazine groups is 1. The molecule has 0 unspecified atom stereocenters. The molecule has 3 N–H and O–H groups in total. The van der Waals surface area contributed by atoms with Gasteiger partial charge in [0.2, 0.25) is 21.5 Å². The van der Waals surface area contributed by atoms with Gasteiger partial charge in [0, 0.05) is 31.7 Å². The van der Waals surface area contributed by atoms with Gasteiger partial charge < -0.3 is 20.1 Å². The quantitative estimate of drug-likeness (QED) is 0.170. The van der Waals surface area contributed by atoms with Crippen LogP contribution >= 0.6 is 34.8 Å². The molecule has 1 aromatic carbocycles. The van der Waals surface area contributed by atoms with Gasteiger partial charge >= 0.3 is 11.9 Å². The lowest BCUT2D eigenvalue weighted by Gasteiger charge is -2.38. The van der Waals surface area contributed by atoms with Gasteiger partial charge in [-0.2, -0.15) is 0 Å². The fourth-order valence-electron chi connectivity index (χ4n) is 6.36. The van der Waals surface area contributed by atoms with Crippen molar-refractivity contribution in [2.24, 2.45) is 11.3 Å². The molecular formula is C37H46Cl3F2N5O7. The third kappa shape index (κ3) is 11.7. The van der Waals surface area contributed by atoms with Gasteiger partial charge in [0.25, 0.3) is 5.91 Å². The number of benzene rings is 1. The van der Waals surface area contributed by atoms with Crippen LogP contribution in [0.15, 0.2) is 36.4 Å². The van der Waals surface area contributed by atoms with Crippen LogP contribution in [0.25, 0.3) is 17.0 Å². The van der Waals surface area contributed by atoms with Crippen molar-refractivity contribution in [3.05, 3.63) is 47.7 Å². The molecule has 1 aliphatic heterocycles. The van der Waals surface area contributed by atoms with E-state index in [0.717, 1.165) is 5.39 Å². The van der Waals surface area contributed by atoms with E-state index < -0.39 is 94.4 Å². The predicted molar refractivity (Wildman–Crippen MR) is 200 cm³/mol. The molecule has 1 saturated heterocycles. The smallest absolute Gasteiger partial charge is 0.325 e. The standard InChI is InChI=1S/C37H46Cl3F2N5O7/c1-21(2)30(31(49)43-22(3)32(50)47-18-6-7-28(46-47)33(51)53-20-37(38,39)40)45-34(52)35(14-16-36(41,42)17-15-35)13-12-25-8-9-26-10-11-27(44-29(26)19-25)23(4)54-24(5)48/h8-13,19,21-23,28,30,46H,6-7,14-18,20H2,1-5H3,(H,43,49)(H,45,52)/t22-,23+,28-,30-/m0/s1. The molecular weight excluding hydrogens is 771 g/mol. The zero-order valence-electron chi connectivity index (χ0n) is 30.7. The predicted octanol–water partition coefficient (Wildman–Crippen LogP) is 6.12. The fraction of sp³-hybridized carbons (Fsp3) is 0.568. The zero-order valence-corrected chi connectivity index (χ0v) is 33.0. The van der Waals surface area contributed by atoms with Crippen LogP contribution in [0.5, 0.6) is 0 Å². The second kappa shape index (κ2) is 17.9. The number of nitrogens with one attached hydrogen (secondary N) is 3. The molecule has 2 heterocycles. The lowest BCUT2D eigenvalue weighted by Crippen LogP contribution is -2.61. The highest BCUT2D eigenvalue weighted by Crippen LogP contribution is 2.45. The monoisotopic (exact) mass is 815 g/mol. The molecule has 2 fully saturated rings. The molecule has 2 aliphatic rings. The van der Waals surface area contributed by atoms with Gasteiger partial charge in [-0.3, -0.25) is 29.0 Å². The Kier molecular flexibility index (Phi) is 14.3. The highest BCUT2D eigenvalue weighted by molar-refractivity contribution is 6.67. The second-order valence-corrected chi connectivity index (χ2v) is 16.8. The van der Waals surface area contributed by atoms with E-state index in [0.29, 0.717) is 29.6 Å². The topological polar surface area (TPSA) is 156 Å². The molecule has 17 heteroatoms. The number of nitrogens with zero attached hydrogens (tertiary/aromatic N) is 2. The zero-order chi connectivity index (χ0) is 40.0. The third-order valence-electron chi connectivity index (χ3n) is 9.50. The maximum absolute atomic E-state index is 14.4. The molecule has 54 heavy (non-hydrogen) atoms. The Balaban J connectivity index is 1.48. The number of esters is 2. The first kappa shape index (κ1) is 43.1. The Morgan fingerprint density at radius 2 is 1.70 bits per heavy atom. The summed E-state index contributed by atoms with van der Waals surface area (Å²) in [4.78, 5) is 69.6. The molecule has 4 rings (SSSR count). The van der Waals surface area contributed by atoms with E-state index in [-0.39, 0.29) is 19.4 Å². The van der Waals surface area contributed by atoms with Gasteiger partial charge in [0.15, 0.2) is 0 Å². The van der Waals surface area contributed by atoms with E-state index in [1.165, 1.54) is 18.9 Å². The molecule has 0 radical (unpaired) electrons. The Morgan fingerprint density at radius 3 is 2.33 bits per heavy atom. The maximum atomic E-state index is 14.4.